The van der Waals surface area contributed by atoms with Gasteiger partial charge in [-0.15, -0.1) is 0 Å². The zero-order chi connectivity index (χ0) is 14.2. The van der Waals surface area contributed by atoms with Gasteiger partial charge >= 0.3 is 5.97 Å². The fourth-order valence-corrected chi connectivity index (χ4v) is 2.48. The number of carboxylic acid groups (broad SMARTS) is 1. The molecule has 0 saturated heterocycles. The molecule has 0 atom stereocenters. The Morgan fingerprint density at radius 1 is 1.05 bits per heavy atom. The molecule has 0 amide bonds. The average molecular weight is 258 g/mol. The molecule has 0 aliphatic heterocycles. The maximum atomic E-state index is 13.7. The SMILES string of the molecule is Cc1cc(C)c(-c2ccc(C(=O)O)c(F)c2)c(C)c1. The van der Waals surface area contributed by atoms with Crippen molar-refractivity contribution in [2.45, 2.75) is 20.8 Å². The number of rotatable bonds is 2. The molecule has 0 aliphatic carbocycles. The number of carbonyl (C=O) groups is 1. The Morgan fingerprint density at radius 3 is 2.11 bits per heavy atom. The number of carboxylic acids is 1. The molecular formula is C16H15FO2. The molecule has 98 valence electrons. The maximum Gasteiger partial charge on any atom is 0.338 e. The first-order valence-corrected chi connectivity index (χ1v) is 6.01. The van der Waals surface area contributed by atoms with Crippen LogP contribution in [0.25, 0.3) is 11.1 Å². The normalized spacial score (nSPS) is 10.5. The highest BCUT2D eigenvalue weighted by Crippen LogP contribution is 2.29. The summed E-state index contributed by atoms with van der Waals surface area (Å²) in [5.74, 6) is -1.95. The van der Waals surface area contributed by atoms with E-state index in [0.29, 0.717) is 5.56 Å². The summed E-state index contributed by atoms with van der Waals surface area (Å²) in [6, 6.07) is 8.31. The first-order valence-electron chi connectivity index (χ1n) is 6.01. The van der Waals surface area contributed by atoms with Crippen LogP contribution < -0.4 is 0 Å². The lowest BCUT2D eigenvalue weighted by molar-refractivity contribution is 0.0692. The van der Waals surface area contributed by atoms with Crippen molar-refractivity contribution in [2.75, 3.05) is 0 Å². The summed E-state index contributed by atoms with van der Waals surface area (Å²) in [6.45, 7) is 5.95. The lowest BCUT2D eigenvalue weighted by atomic mass is 9.93. The molecule has 0 unspecified atom stereocenters. The summed E-state index contributed by atoms with van der Waals surface area (Å²) >= 11 is 0. The molecule has 0 bridgehead atoms. The highest BCUT2D eigenvalue weighted by molar-refractivity contribution is 5.89. The van der Waals surface area contributed by atoms with Crippen molar-refractivity contribution < 1.29 is 14.3 Å². The van der Waals surface area contributed by atoms with E-state index in [1.165, 1.54) is 12.1 Å². The average Bonchev–Trinajstić information content (AvgIpc) is 2.26. The van der Waals surface area contributed by atoms with Crippen molar-refractivity contribution in [3.05, 3.63) is 58.4 Å². The van der Waals surface area contributed by atoms with Gasteiger partial charge in [0.15, 0.2) is 0 Å². The first kappa shape index (κ1) is 13.3. The lowest BCUT2D eigenvalue weighted by Gasteiger charge is -2.12. The van der Waals surface area contributed by atoms with E-state index in [1.54, 1.807) is 6.07 Å². The molecule has 2 aromatic rings. The molecule has 1 N–H and O–H groups in total. The zero-order valence-electron chi connectivity index (χ0n) is 11.1. The highest BCUT2D eigenvalue weighted by atomic mass is 19.1. The molecule has 2 nitrogen and oxygen atoms in total. The predicted molar refractivity (Wildman–Crippen MR) is 73.0 cm³/mol. The Labute approximate surface area is 111 Å². The molecule has 0 heterocycles. The molecule has 19 heavy (non-hydrogen) atoms. The maximum absolute atomic E-state index is 13.7. The molecular weight excluding hydrogens is 243 g/mol. The summed E-state index contributed by atoms with van der Waals surface area (Å²) in [5, 5.41) is 8.83. The number of benzene rings is 2. The van der Waals surface area contributed by atoms with Gasteiger partial charge in [-0.1, -0.05) is 23.8 Å². The Bertz CT molecular complexity index is 637. The van der Waals surface area contributed by atoms with Gasteiger partial charge in [0.2, 0.25) is 0 Å². The Balaban J connectivity index is 2.61. The zero-order valence-corrected chi connectivity index (χ0v) is 11.1. The third-order valence-corrected chi connectivity index (χ3v) is 3.17. The third-order valence-electron chi connectivity index (χ3n) is 3.17. The topological polar surface area (TPSA) is 37.3 Å². The summed E-state index contributed by atoms with van der Waals surface area (Å²) in [7, 11) is 0. The van der Waals surface area contributed by atoms with E-state index in [2.05, 4.69) is 0 Å². The van der Waals surface area contributed by atoms with Crippen LogP contribution in [0.2, 0.25) is 0 Å². The first-order chi connectivity index (χ1) is 8.90. The Morgan fingerprint density at radius 2 is 1.63 bits per heavy atom. The molecule has 0 aromatic heterocycles. The number of aromatic carboxylic acids is 1. The Kier molecular flexibility index (Phi) is 3.38. The largest absolute Gasteiger partial charge is 0.478 e. The summed E-state index contributed by atoms with van der Waals surface area (Å²) in [4.78, 5) is 10.8. The van der Waals surface area contributed by atoms with Crippen LogP contribution in [0.1, 0.15) is 27.0 Å². The van der Waals surface area contributed by atoms with E-state index in [0.717, 1.165) is 22.3 Å². The standard InChI is InChI=1S/C16H15FO2/c1-9-6-10(2)15(11(3)7-9)12-4-5-13(16(18)19)14(17)8-12/h4-8H,1-3H3,(H,18,19). The monoisotopic (exact) mass is 258 g/mol. The summed E-state index contributed by atoms with van der Waals surface area (Å²) in [6.07, 6.45) is 0. The number of hydrogen-bond acceptors (Lipinski definition) is 1. The van der Waals surface area contributed by atoms with E-state index >= 15 is 0 Å². The van der Waals surface area contributed by atoms with Crippen molar-refractivity contribution in [1.29, 1.82) is 0 Å². The highest BCUT2D eigenvalue weighted by Gasteiger charge is 2.13. The van der Waals surface area contributed by atoms with Crippen molar-refractivity contribution >= 4 is 5.97 Å². The van der Waals surface area contributed by atoms with Gasteiger partial charge < -0.3 is 5.11 Å². The van der Waals surface area contributed by atoms with Crippen LogP contribution in [0.4, 0.5) is 4.39 Å². The van der Waals surface area contributed by atoms with Gasteiger partial charge in [0, 0.05) is 0 Å². The molecule has 0 fully saturated rings. The van der Waals surface area contributed by atoms with Crippen molar-refractivity contribution in [3.63, 3.8) is 0 Å². The lowest BCUT2D eigenvalue weighted by Crippen LogP contribution is -2.00. The fraction of sp³-hybridized carbons (Fsp3) is 0.188. The smallest absolute Gasteiger partial charge is 0.338 e. The summed E-state index contributed by atoms with van der Waals surface area (Å²) in [5.41, 5.74) is 4.63. The quantitative estimate of drug-likeness (QED) is 0.879. The van der Waals surface area contributed by atoms with Gasteiger partial charge in [0.25, 0.3) is 0 Å². The van der Waals surface area contributed by atoms with Crippen molar-refractivity contribution in [3.8, 4) is 11.1 Å². The van der Waals surface area contributed by atoms with Crippen molar-refractivity contribution in [2.24, 2.45) is 0 Å². The molecule has 0 radical (unpaired) electrons. The van der Waals surface area contributed by atoms with Crippen LogP contribution >= 0.6 is 0 Å². The van der Waals surface area contributed by atoms with E-state index in [-0.39, 0.29) is 5.56 Å². The van der Waals surface area contributed by atoms with Crippen LogP contribution in [-0.2, 0) is 0 Å². The number of aryl methyl sites for hydroxylation is 3. The number of hydrogen-bond donors (Lipinski definition) is 1. The fourth-order valence-electron chi connectivity index (χ4n) is 2.48. The molecule has 2 rings (SSSR count). The van der Waals surface area contributed by atoms with Crippen LogP contribution in [0, 0.1) is 26.6 Å². The van der Waals surface area contributed by atoms with Crippen LogP contribution in [0.3, 0.4) is 0 Å². The molecule has 0 aliphatic rings. The van der Waals surface area contributed by atoms with E-state index < -0.39 is 11.8 Å². The minimum atomic E-state index is -1.25. The van der Waals surface area contributed by atoms with Crippen LogP contribution in [0.15, 0.2) is 30.3 Å². The Hall–Kier alpha value is -2.16. The third kappa shape index (κ3) is 2.50. The molecule has 0 saturated carbocycles. The molecule has 0 spiro atoms. The predicted octanol–water partition coefficient (Wildman–Crippen LogP) is 4.12. The second kappa shape index (κ2) is 4.84. The van der Waals surface area contributed by atoms with E-state index in [4.69, 9.17) is 5.11 Å². The molecule has 3 heteroatoms. The minimum absolute atomic E-state index is 0.300. The molecule has 2 aromatic carbocycles. The van der Waals surface area contributed by atoms with Crippen LogP contribution in [-0.4, -0.2) is 11.1 Å². The van der Waals surface area contributed by atoms with Gasteiger partial charge in [-0.3, -0.25) is 0 Å². The van der Waals surface area contributed by atoms with Gasteiger partial charge in [-0.2, -0.15) is 0 Å². The van der Waals surface area contributed by atoms with Gasteiger partial charge in [0.05, 0.1) is 5.56 Å². The van der Waals surface area contributed by atoms with Crippen LogP contribution in [0.5, 0.6) is 0 Å². The summed E-state index contributed by atoms with van der Waals surface area (Å²) < 4.78 is 13.7. The van der Waals surface area contributed by atoms with Gasteiger partial charge in [-0.05, 0) is 55.2 Å². The second-order valence-electron chi connectivity index (χ2n) is 4.77. The van der Waals surface area contributed by atoms with Crippen molar-refractivity contribution in [1.82, 2.24) is 0 Å². The van der Waals surface area contributed by atoms with Gasteiger partial charge in [0.1, 0.15) is 5.82 Å². The number of halogens is 1. The van der Waals surface area contributed by atoms with E-state index in [1.807, 2.05) is 32.9 Å². The second-order valence-corrected chi connectivity index (χ2v) is 4.77. The van der Waals surface area contributed by atoms with Gasteiger partial charge in [-0.25, -0.2) is 9.18 Å². The van der Waals surface area contributed by atoms with E-state index in [9.17, 15) is 9.18 Å². The minimum Gasteiger partial charge on any atom is -0.478 e.